The van der Waals surface area contributed by atoms with E-state index < -0.39 is 10.1 Å². The van der Waals surface area contributed by atoms with Gasteiger partial charge in [-0.3, -0.25) is 4.55 Å². The molecule has 0 aliphatic carbocycles. The van der Waals surface area contributed by atoms with Gasteiger partial charge in [0.1, 0.15) is 0 Å². The quantitative estimate of drug-likeness (QED) is 0.284. The van der Waals surface area contributed by atoms with Crippen molar-refractivity contribution >= 4 is 76.7 Å². The molecule has 0 amide bonds. The molecular formula is C5H12NaO3S4. The minimum atomic E-state index is -3.79. The largest absolute Gasteiger partial charge is 0.286 e. The van der Waals surface area contributed by atoms with Crippen LogP contribution in [-0.4, -0.2) is 70.8 Å². The van der Waals surface area contributed by atoms with Crippen molar-refractivity contribution in [2.45, 2.75) is 5.25 Å². The van der Waals surface area contributed by atoms with Crippen molar-refractivity contribution in [3.63, 3.8) is 0 Å². The van der Waals surface area contributed by atoms with Crippen LogP contribution in [0.5, 0.6) is 0 Å². The molecule has 0 spiro atoms. The van der Waals surface area contributed by atoms with Gasteiger partial charge in [-0.25, -0.2) is 0 Å². The predicted octanol–water partition coefficient (Wildman–Crippen LogP) is 0.455. The zero-order valence-corrected chi connectivity index (χ0v) is 12.8. The smallest absolute Gasteiger partial charge is 0.265 e. The van der Waals surface area contributed by atoms with Gasteiger partial charge in [0.2, 0.25) is 0 Å². The molecule has 0 aliphatic rings. The molecule has 0 aromatic rings. The second kappa shape index (κ2) is 9.21. The van der Waals surface area contributed by atoms with Crippen LogP contribution in [-0.2, 0) is 10.1 Å². The van der Waals surface area contributed by atoms with Crippen LogP contribution >= 0.6 is 37.0 Å². The van der Waals surface area contributed by atoms with E-state index in [9.17, 15) is 8.42 Å². The van der Waals surface area contributed by atoms with Crippen LogP contribution in [0.4, 0.5) is 0 Å². The number of hydrogen-bond acceptors (Lipinski definition) is 5. The first kappa shape index (κ1) is 17.4. The Labute approximate surface area is 117 Å². The Balaban J connectivity index is 0. The number of thioether (sulfide) groups is 1. The van der Waals surface area contributed by atoms with Gasteiger partial charge < -0.3 is 0 Å². The summed E-state index contributed by atoms with van der Waals surface area (Å²) >= 11 is 9.63. The van der Waals surface area contributed by atoms with Crippen LogP contribution in [0.15, 0.2) is 0 Å². The van der Waals surface area contributed by atoms with Crippen LogP contribution in [0.3, 0.4) is 0 Å². The van der Waals surface area contributed by atoms with Gasteiger partial charge in [-0.15, -0.1) is 0 Å². The van der Waals surface area contributed by atoms with Crippen molar-refractivity contribution in [3.8, 4) is 0 Å². The molecule has 1 radical (unpaired) electrons. The topological polar surface area (TPSA) is 54.4 Å². The minimum Gasteiger partial charge on any atom is -0.286 e. The standard InChI is InChI=1S/C5H12O3S4.Na/c6-12(7,8)2-1-11-4-5(10)3-9;/h5,9-10H,1-4H2,(H,6,7,8);. The van der Waals surface area contributed by atoms with Gasteiger partial charge in [0.05, 0.1) is 5.75 Å². The fraction of sp³-hybridized carbons (Fsp3) is 1.00. The van der Waals surface area contributed by atoms with Crippen molar-refractivity contribution in [1.29, 1.82) is 0 Å². The van der Waals surface area contributed by atoms with E-state index in [4.69, 9.17) is 4.55 Å². The first-order valence-corrected chi connectivity index (χ1v) is 7.19. The van der Waals surface area contributed by atoms with Gasteiger partial charge in [-0.1, -0.05) is 0 Å². The first-order chi connectivity index (χ1) is 5.45. The van der Waals surface area contributed by atoms with Crippen molar-refractivity contribution < 1.29 is 13.0 Å². The Morgan fingerprint density at radius 3 is 2.38 bits per heavy atom. The maximum absolute atomic E-state index is 10.3. The summed E-state index contributed by atoms with van der Waals surface area (Å²) in [6.45, 7) is 0. The van der Waals surface area contributed by atoms with Crippen LogP contribution in [0.1, 0.15) is 0 Å². The van der Waals surface area contributed by atoms with Crippen molar-refractivity contribution in [2.24, 2.45) is 0 Å². The Morgan fingerprint density at radius 1 is 1.46 bits per heavy atom. The van der Waals surface area contributed by atoms with E-state index in [1.807, 2.05) is 0 Å². The van der Waals surface area contributed by atoms with Crippen molar-refractivity contribution in [1.82, 2.24) is 0 Å². The van der Waals surface area contributed by atoms with E-state index in [1.165, 1.54) is 11.8 Å². The molecule has 0 bridgehead atoms. The summed E-state index contributed by atoms with van der Waals surface area (Å²) in [6.07, 6.45) is 0. The SMILES string of the molecule is O=S(=O)(O)CCSCC(S)CS.[Na]. The maximum atomic E-state index is 10.3. The summed E-state index contributed by atoms with van der Waals surface area (Å²) in [5, 5.41) is 0.180. The molecule has 13 heavy (non-hydrogen) atoms. The van der Waals surface area contributed by atoms with Crippen LogP contribution in [0.25, 0.3) is 0 Å². The molecule has 0 saturated heterocycles. The van der Waals surface area contributed by atoms with Crippen molar-refractivity contribution in [2.75, 3.05) is 23.0 Å². The molecule has 75 valence electrons. The molecular weight excluding hydrogens is 259 g/mol. The zero-order chi connectivity index (χ0) is 9.61. The van der Waals surface area contributed by atoms with E-state index in [0.717, 1.165) is 5.75 Å². The molecule has 0 heterocycles. The van der Waals surface area contributed by atoms with E-state index in [2.05, 4.69) is 25.3 Å². The molecule has 8 heteroatoms. The first-order valence-electron chi connectivity index (χ1n) is 3.27. The zero-order valence-electron chi connectivity index (χ0n) is 7.38. The monoisotopic (exact) mass is 271 g/mol. The molecule has 0 aromatic carbocycles. The Hall–Kier alpha value is 1.96. The fourth-order valence-electron chi connectivity index (χ4n) is 0.436. The third-order valence-electron chi connectivity index (χ3n) is 1.01. The predicted molar refractivity (Wildman–Crippen MR) is 66.1 cm³/mol. The van der Waals surface area contributed by atoms with Gasteiger partial charge in [-0.05, 0) is 0 Å². The summed E-state index contributed by atoms with van der Waals surface area (Å²) in [5.41, 5.74) is 0. The van der Waals surface area contributed by atoms with Gasteiger partial charge in [0.25, 0.3) is 10.1 Å². The molecule has 1 atom stereocenters. The van der Waals surface area contributed by atoms with E-state index >= 15 is 0 Å². The van der Waals surface area contributed by atoms with Crippen LogP contribution in [0, 0.1) is 0 Å². The summed E-state index contributed by atoms with van der Waals surface area (Å²) in [7, 11) is -3.79. The van der Waals surface area contributed by atoms with Gasteiger partial charge >= 0.3 is 0 Å². The van der Waals surface area contributed by atoms with E-state index in [-0.39, 0.29) is 40.6 Å². The third kappa shape index (κ3) is 14.0. The summed E-state index contributed by atoms with van der Waals surface area (Å²) < 4.78 is 28.9. The van der Waals surface area contributed by atoms with Crippen LogP contribution in [0.2, 0.25) is 0 Å². The normalized spacial score (nSPS) is 13.5. The average molecular weight is 271 g/mol. The number of rotatable bonds is 6. The fourth-order valence-corrected chi connectivity index (χ4v) is 2.93. The Morgan fingerprint density at radius 2 is 2.00 bits per heavy atom. The van der Waals surface area contributed by atoms with Crippen LogP contribution < -0.4 is 0 Å². The Bertz CT molecular complexity index is 206. The number of hydrogen-bond donors (Lipinski definition) is 3. The maximum Gasteiger partial charge on any atom is 0.265 e. The molecule has 0 aliphatic heterocycles. The summed E-state index contributed by atoms with van der Waals surface area (Å²) in [6, 6.07) is 0. The Kier molecular flexibility index (Phi) is 12.3. The molecule has 3 nitrogen and oxygen atoms in total. The van der Waals surface area contributed by atoms with Gasteiger partial charge in [0.15, 0.2) is 0 Å². The number of thiol groups is 2. The second-order valence-electron chi connectivity index (χ2n) is 2.20. The van der Waals surface area contributed by atoms with Gasteiger partial charge in [0, 0.05) is 52.1 Å². The minimum absolute atomic E-state index is 0. The molecule has 1 unspecified atom stereocenters. The molecule has 0 rings (SSSR count). The van der Waals surface area contributed by atoms with E-state index in [1.54, 1.807) is 0 Å². The van der Waals surface area contributed by atoms with Gasteiger partial charge in [-0.2, -0.15) is 45.4 Å². The molecule has 0 fully saturated rings. The summed E-state index contributed by atoms with van der Waals surface area (Å²) in [5.74, 6) is 1.64. The molecule has 0 aromatic heterocycles. The van der Waals surface area contributed by atoms with Crippen molar-refractivity contribution in [3.05, 3.63) is 0 Å². The third-order valence-corrected chi connectivity index (χ3v) is 4.46. The molecule has 0 saturated carbocycles. The second-order valence-corrected chi connectivity index (χ2v) is 6.01. The average Bonchev–Trinajstić information content (AvgIpc) is 1.96. The van der Waals surface area contributed by atoms with E-state index in [0.29, 0.717) is 11.5 Å². The summed E-state index contributed by atoms with van der Waals surface area (Å²) in [4.78, 5) is 0. The molecule has 1 N–H and O–H groups in total.